The molecule has 1 aromatic carbocycles. The molecule has 0 aliphatic heterocycles. The van der Waals surface area contributed by atoms with Crippen LogP contribution in [-0.2, 0) is 24.2 Å². The Morgan fingerprint density at radius 2 is 2.12 bits per heavy atom. The minimum atomic E-state index is -0.255. The van der Waals surface area contributed by atoms with Crippen molar-refractivity contribution in [2.45, 2.75) is 31.5 Å². The number of hydrogen-bond acceptors (Lipinski definition) is 4. The number of amides is 1. The first kappa shape index (κ1) is 18.2. The van der Waals surface area contributed by atoms with Gasteiger partial charge < -0.3 is 9.88 Å². The number of halogens is 1. The van der Waals surface area contributed by atoms with Crippen LogP contribution in [0.25, 0.3) is 0 Å². The van der Waals surface area contributed by atoms with Gasteiger partial charge in [-0.2, -0.15) is 0 Å². The molecule has 0 saturated carbocycles. The first-order valence-corrected chi connectivity index (χ1v) is 8.79. The van der Waals surface area contributed by atoms with Crippen LogP contribution in [-0.4, -0.2) is 33.0 Å². The molecule has 0 atom stereocenters. The Morgan fingerprint density at radius 1 is 1.38 bits per heavy atom. The molecule has 1 N–H and O–H groups in total. The van der Waals surface area contributed by atoms with Crippen LogP contribution in [0, 0.1) is 5.82 Å². The third-order valence-electron chi connectivity index (χ3n) is 3.40. The molecule has 0 radical (unpaired) electrons. The number of aromatic nitrogens is 3. The zero-order chi connectivity index (χ0) is 17.4. The molecule has 0 spiro atoms. The number of nitrogens with zero attached hydrogens (tertiary/aromatic N) is 3. The molecule has 0 saturated heterocycles. The van der Waals surface area contributed by atoms with E-state index >= 15 is 0 Å². The number of hydrogen-bond donors (Lipinski definition) is 1. The molecule has 5 nitrogen and oxygen atoms in total. The lowest BCUT2D eigenvalue weighted by Crippen LogP contribution is -2.27. The minimum absolute atomic E-state index is 0.0617. The van der Waals surface area contributed by atoms with Gasteiger partial charge >= 0.3 is 0 Å². The van der Waals surface area contributed by atoms with Crippen LogP contribution >= 0.6 is 11.8 Å². The van der Waals surface area contributed by atoms with E-state index in [0.29, 0.717) is 19.5 Å². The van der Waals surface area contributed by atoms with Crippen LogP contribution < -0.4 is 5.32 Å². The summed E-state index contributed by atoms with van der Waals surface area (Å²) in [5.41, 5.74) is 0.989. The summed E-state index contributed by atoms with van der Waals surface area (Å²) in [6.45, 7) is 6.90. The number of aryl methyl sites for hydroxylation is 1. The van der Waals surface area contributed by atoms with Crippen molar-refractivity contribution in [3.05, 3.63) is 54.1 Å². The van der Waals surface area contributed by atoms with Crippen LogP contribution in [0.2, 0.25) is 0 Å². The lowest BCUT2D eigenvalue weighted by molar-refractivity contribution is -0.118. The Labute approximate surface area is 145 Å². The molecule has 2 aromatic rings. The van der Waals surface area contributed by atoms with Crippen molar-refractivity contribution in [3.63, 3.8) is 0 Å². The van der Waals surface area contributed by atoms with Crippen LogP contribution in [0.5, 0.6) is 0 Å². The molecule has 0 aliphatic rings. The Kier molecular flexibility index (Phi) is 6.99. The lowest BCUT2D eigenvalue weighted by Gasteiger charge is -2.07. The number of benzene rings is 1. The van der Waals surface area contributed by atoms with E-state index in [1.807, 2.05) is 11.5 Å². The summed E-state index contributed by atoms with van der Waals surface area (Å²) in [6.07, 6.45) is 3.24. The van der Waals surface area contributed by atoms with Crippen molar-refractivity contribution in [2.75, 3.05) is 12.3 Å². The maximum Gasteiger partial charge on any atom is 0.230 e. The zero-order valence-corrected chi connectivity index (χ0v) is 14.5. The van der Waals surface area contributed by atoms with E-state index in [-0.39, 0.29) is 17.5 Å². The lowest BCUT2D eigenvalue weighted by atomic mass is 10.1. The molecule has 0 unspecified atom stereocenters. The molecular formula is C17H21FN4OS. The highest BCUT2D eigenvalue weighted by molar-refractivity contribution is 7.99. The second kappa shape index (κ2) is 9.22. The van der Waals surface area contributed by atoms with Crippen molar-refractivity contribution >= 4 is 17.7 Å². The molecule has 128 valence electrons. The summed E-state index contributed by atoms with van der Waals surface area (Å²) >= 11 is 1.36. The van der Waals surface area contributed by atoms with Gasteiger partial charge in [-0.25, -0.2) is 4.39 Å². The van der Waals surface area contributed by atoms with Crippen molar-refractivity contribution in [2.24, 2.45) is 0 Å². The van der Waals surface area contributed by atoms with Gasteiger partial charge in [0.05, 0.1) is 5.75 Å². The quantitative estimate of drug-likeness (QED) is 0.559. The second-order valence-electron chi connectivity index (χ2n) is 5.17. The summed E-state index contributed by atoms with van der Waals surface area (Å²) in [7, 11) is 0. The summed E-state index contributed by atoms with van der Waals surface area (Å²) in [5.74, 6) is 0.847. The predicted octanol–water partition coefficient (Wildman–Crippen LogP) is 2.62. The van der Waals surface area contributed by atoms with E-state index < -0.39 is 0 Å². The Bertz CT molecular complexity index is 684. The number of allylic oxidation sites excluding steroid dienone is 1. The molecule has 0 aliphatic carbocycles. The highest BCUT2D eigenvalue weighted by Gasteiger charge is 2.12. The number of thioether (sulfide) groups is 1. The van der Waals surface area contributed by atoms with E-state index in [1.54, 1.807) is 18.2 Å². The van der Waals surface area contributed by atoms with Crippen LogP contribution in [0.1, 0.15) is 18.3 Å². The summed E-state index contributed by atoms with van der Waals surface area (Å²) in [5, 5.41) is 11.8. The van der Waals surface area contributed by atoms with E-state index in [4.69, 9.17) is 0 Å². The van der Waals surface area contributed by atoms with Gasteiger partial charge in [0, 0.05) is 19.5 Å². The Balaban J connectivity index is 1.78. The molecule has 2 rings (SSSR count). The van der Waals surface area contributed by atoms with Gasteiger partial charge in [0.2, 0.25) is 5.91 Å². The summed E-state index contributed by atoms with van der Waals surface area (Å²) in [4.78, 5) is 11.9. The molecule has 7 heteroatoms. The maximum absolute atomic E-state index is 12.8. The fourth-order valence-corrected chi connectivity index (χ4v) is 2.97. The topological polar surface area (TPSA) is 59.8 Å². The average molecular weight is 348 g/mol. The van der Waals surface area contributed by atoms with Crippen molar-refractivity contribution in [3.8, 4) is 0 Å². The van der Waals surface area contributed by atoms with Gasteiger partial charge in [0.25, 0.3) is 0 Å². The van der Waals surface area contributed by atoms with Crippen molar-refractivity contribution < 1.29 is 9.18 Å². The summed E-state index contributed by atoms with van der Waals surface area (Å²) in [6, 6.07) is 6.29. The Morgan fingerprint density at radius 3 is 2.79 bits per heavy atom. The van der Waals surface area contributed by atoms with Gasteiger partial charge in [0.1, 0.15) is 11.6 Å². The first-order valence-electron chi connectivity index (χ1n) is 7.81. The van der Waals surface area contributed by atoms with Gasteiger partial charge in [-0.05, 0) is 24.1 Å². The fraction of sp³-hybridized carbons (Fsp3) is 0.353. The number of carbonyl (C=O) groups excluding carboxylic acids is 1. The van der Waals surface area contributed by atoms with Crippen LogP contribution in [0.4, 0.5) is 4.39 Å². The average Bonchev–Trinajstić information content (AvgIpc) is 2.97. The van der Waals surface area contributed by atoms with E-state index in [1.165, 1.54) is 23.9 Å². The SMILES string of the molecule is C=CCn1c(CC)nnc1SCC(=O)NCCc1ccc(F)cc1. The largest absolute Gasteiger partial charge is 0.355 e. The summed E-state index contributed by atoms with van der Waals surface area (Å²) < 4.78 is 14.8. The molecule has 0 fully saturated rings. The molecule has 1 amide bonds. The number of rotatable bonds is 9. The third kappa shape index (κ3) is 5.19. The minimum Gasteiger partial charge on any atom is -0.355 e. The van der Waals surface area contributed by atoms with E-state index in [9.17, 15) is 9.18 Å². The maximum atomic E-state index is 12.8. The Hall–Kier alpha value is -2.15. The van der Waals surface area contributed by atoms with E-state index in [0.717, 1.165) is 23.0 Å². The van der Waals surface area contributed by atoms with Crippen molar-refractivity contribution in [1.29, 1.82) is 0 Å². The highest BCUT2D eigenvalue weighted by atomic mass is 32.2. The molecule has 0 bridgehead atoms. The molecule has 1 heterocycles. The van der Waals surface area contributed by atoms with E-state index in [2.05, 4.69) is 22.1 Å². The third-order valence-corrected chi connectivity index (χ3v) is 4.37. The normalized spacial score (nSPS) is 10.6. The van der Waals surface area contributed by atoms with Gasteiger partial charge in [-0.3, -0.25) is 4.79 Å². The zero-order valence-electron chi connectivity index (χ0n) is 13.7. The van der Waals surface area contributed by atoms with Crippen molar-refractivity contribution in [1.82, 2.24) is 20.1 Å². The predicted molar refractivity (Wildman–Crippen MR) is 93.4 cm³/mol. The molecule has 1 aromatic heterocycles. The fourth-order valence-electron chi connectivity index (χ4n) is 2.18. The number of carbonyl (C=O) groups is 1. The first-order chi connectivity index (χ1) is 11.6. The number of nitrogens with one attached hydrogen (secondary N) is 1. The monoisotopic (exact) mass is 348 g/mol. The van der Waals surface area contributed by atoms with Gasteiger partial charge in [-0.15, -0.1) is 16.8 Å². The smallest absolute Gasteiger partial charge is 0.230 e. The highest BCUT2D eigenvalue weighted by Crippen LogP contribution is 2.17. The molecular weight excluding hydrogens is 327 g/mol. The van der Waals surface area contributed by atoms with Gasteiger partial charge in [0.15, 0.2) is 5.16 Å². The van der Waals surface area contributed by atoms with Crippen LogP contribution in [0.3, 0.4) is 0 Å². The second-order valence-corrected chi connectivity index (χ2v) is 6.11. The standard InChI is InChI=1S/C17H21FN4OS/c1-3-11-22-15(4-2)20-21-17(22)24-12-16(23)19-10-9-13-5-7-14(18)8-6-13/h3,5-8H,1,4,9-12H2,2H3,(H,19,23). The van der Waals surface area contributed by atoms with Crippen LogP contribution in [0.15, 0.2) is 42.1 Å². The molecule has 24 heavy (non-hydrogen) atoms. The van der Waals surface area contributed by atoms with Gasteiger partial charge in [-0.1, -0.05) is 36.9 Å².